The monoisotopic (exact) mass is 617 g/mol. The third-order valence-electron chi connectivity index (χ3n) is 7.66. The Hall–Kier alpha value is -5.45. The number of nitrogens with zero attached hydrogens (tertiary/aromatic N) is 3. The van der Waals surface area contributed by atoms with Crippen LogP contribution in [0.4, 0.5) is 0 Å². The van der Waals surface area contributed by atoms with E-state index >= 15 is 0 Å². The van der Waals surface area contributed by atoms with Gasteiger partial charge in [0.05, 0.1) is 19.0 Å². The first kappa shape index (κ1) is 21.3. The first-order valence-corrected chi connectivity index (χ1v) is 18.6. The molecule has 0 N–H and O–H groups in total. The molecule has 7 aromatic rings. The molecule has 0 bridgehead atoms. The van der Waals surface area contributed by atoms with Crippen molar-refractivity contribution in [2.75, 3.05) is 0 Å². The van der Waals surface area contributed by atoms with E-state index < -0.39 is 44.3 Å². The van der Waals surface area contributed by atoms with Crippen LogP contribution in [-0.2, 0) is 0 Å². The van der Waals surface area contributed by atoms with Crippen LogP contribution in [0.2, 0.25) is 19.6 Å². The lowest BCUT2D eigenvalue weighted by Crippen LogP contribution is -2.37. The molecule has 6 aromatic carbocycles. The third kappa shape index (κ3) is 6.34. The predicted octanol–water partition coefficient (Wildman–Crippen LogP) is 10.4. The van der Waals surface area contributed by atoms with Crippen molar-refractivity contribution in [3.63, 3.8) is 0 Å². The van der Waals surface area contributed by atoms with Crippen LogP contribution in [0.15, 0.2) is 158 Å². The number of benzene rings is 6. The minimum Gasteiger partial charge on any atom is -0.208 e. The Kier molecular flexibility index (Phi) is 5.79. The Morgan fingerprint density at radius 3 is 1.35 bits per heavy atom. The second kappa shape index (κ2) is 12.5. The van der Waals surface area contributed by atoms with Crippen LogP contribution >= 0.6 is 0 Å². The summed E-state index contributed by atoms with van der Waals surface area (Å²) in [5.41, 5.74) is 2.92. The van der Waals surface area contributed by atoms with Gasteiger partial charge in [0.1, 0.15) is 0 Å². The van der Waals surface area contributed by atoms with Crippen molar-refractivity contribution in [3.05, 3.63) is 158 Å². The largest absolute Gasteiger partial charge is 0.208 e. The Morgan fingerprint density at radius 2 is 0.826 bits per heavy atom. The highest BCUT2D eigenvalue weighted by atomic mass is 28.3. The molecular formula is C42H35N3Si. The van der Waals surface area contributed by atoms with E-state index in [1.165, 1.54) is 5.19 Å². The molecule has 4 heteroatoms. The Morgan fingerprint density at radius 1 is 0.413 bits per heavy atom. The van der Waals surface area contributed by atoms with E-state index in [0.717, 1.165) is 11.1 Å². The molecule has 3 nitrogen and oxygen atoms in total. The van der Waals surface area contributed by atoms with Gasteiger partial charge in [-0.05, 0) is 51.5 Å². The molecule has 0 amide bonds. The molecule has 222 valence electrons. The van der Waals surface area contributed by atoms with E-state index in [4.69, 9.17) is 8.22 Å². The molecule has 0 saturated heterocycles. The molecule has 0 aliphatic carbocycles. The summed E-state index contributed by atoms with van der Waals surface area (Å²) in [7, 11) is -1.52. The summed E-state index contributed by atoms with van der Waals surface area (Å²) >= 11 is 0. The summed E-state index contributed by atoms with van der Waals surface area (Å²) in [6, 6.07) is 30.3. The lowest BCUT2D eigenvalue weighted by atomic mass is 9.95. The molecule has 0 unspecified atom stereocenters. The molecule has 0 aliphatic heterocycles. The summed E-state index contributed by atoms with van der Waals surface area (Å²) < 4.78 is 72.4. The van der Waals surface area contributed by atoms with E-state index in [1.807, 2.05) is 78.9 Å². The molecule has 7 rings (SSSR count). The standard InChI is InChI=1S/C42H35N3Si/c1-46(2,3)39-25-23-30(24-26-39)33-17-10-18-34(27-33)35-19-11-20-36(28-35)37-21-12-22-38(29-37)42-44-40(31-13-6-4-7-14-31)43-41(45-42)32-15-8-5-9-16-32/h4-29H,1-3H3/i11D,12D,19D,20D,21D,22D,28D,29D. The van der Waals surface area contributed by atoms with Crippen molar-refractivity contribution < 1.29 is 11.0 Å². The highest BCUT2D eigenvalue weighted by Crippen LogP contribution is 2.32. The Balaban J connectivity index is 1.45. The first-order valence-electron chi connectivity index (χ1n) is 19.1. The molecule has 0 fully saturated rings. The van der Waals surface area contributed by atoms with Crippen LogP contribution in [0.1, 0.15) is 11.0 Å². The fraction of sp³-hybridized carbons (Fsp3) is 0.0714. The van der Waals surface area contributed by atoms with Gasteiger partial charge in [0.25, 0.3) is 0 Å². The molecule has 0 radical (unpaired) electrons. The summed E-state index contributed by atoms with van der Waals surface area (Å²) in [4.78, 5) is 14.0. The van der Waals surface area contributed by atoms with E-state index in [0.29, 0.717) is 16.7 Å². The molecular weight excluding hydrogens is 575 g/mol. The number of hydrogen-bond acceptors (Lipinski definition) is 3. The maximum Gasteiger partial charge on any atom is 0.164 e. The number of aromatic nitrogens is 3. The van der Waals surface area contributed by atoms with Gasteiger partial charge in [-0.1, -0.05) is 164 Å². The fourth-order valence-electron chi connectivity index (χ4n) is 5.13. The van der Waals surface area contributed by atoms with Crippen molar-refractivity contribution >= 4 is 13.3 Å². The van der Waals surface area contributed by atoms with E-state index in [1.54, 1.807) is 6.07 Å². The number of rotatable bonds is 7. The van der Waals surface area contributed by atoms with Gasteiger partial charge in [0.15, 0.2) is 17.5 Å². The van der Waals surface area contributed by atoms with Gasteiger partial charge >= 0.3 is 0 Å². The molecule has 0 atom stereocenters. The van der Waals surface area contributed by atoms with Gasteiger partial charge in [0, 0.05) is 16.7 Å². The van der Waals surface area contributed by atoms with Gasteiger partial charge in [-0.2, -0.15) is 0 Å². The maximum absolute atomic E-state index is 9.45. The maximum atomic E-state index is 9.45. The lowest BCUT2D eigenvalue weighted by Gasteiger charge is -2.17. The van der Waals surface area contributed by atoms with Crippen molar-refractivity contribution in [1.82, 2.24) is 15.0 Å². The van der Waals surface area contributed by atoms with Crippen molar-refractivity contribution in [2.24, 2.45) is 0 Å². The van der Waals surface area contributed by atoms with Gasteiger partial charge in [-0.15, -0.1) is 0 Å². The normalized spacial score (nSPS) is 13.8. The molecule has 0 saturated carbocycles. The van der Waals surface area contributed by atoms with Crippen LogP contribution < -0.4 is 5.19 Å². The minimum absolute atomic E-state index is 0.0614. The van der Waals surface area contributed by atoms with Gasteiger partial charge in [-0.3, -0.25) is 0 Å². The summed E-state index contributed by atoms with van der Waals surface area (Å²) in [6.07, 6.45) is 0. The van der Waals surface area contributed by atoms with E-state index in [-0.39, 0.29) is 51.8 Å². The zero-order chi connectivity index (χ0) is 38.5. The molecule has 0 aliphatic rings. The average Bonchev–Trinajstić information content (AvgIpc) is 3.18. The van der Waals surface area contributed by atoms with E-state index in [2.05, 4.69) is 58.9 Å². The van der Waals surface area contributed by atoms with Gasteiger partial charge in [0.2, 0.25) is 0 Å². The van der Waals surface area contributed by atoms with Crippen LogP contribution in [-0.4, -0.2) is 23.0 Å². The van der Waals surface area contributed by atoms with Gasteiger partial charge in [-0.25, -0.2) is 15.0 Å². The quantitative estimate of drug-likeness (QED) is 0.167. The molecule has 1 aromatic heterocycles. The first-order chi connectivity index (χ1) is 25.8. The summed E-state index contributed by atoms with van der Waals surface area (Å²) in [6.45, 7) is 6.84. The van der Waals surface area contributed by atoms with Crippen LogP contribution in [0.3, 0.4) is 0 Å². The third-order valence-corrected chi connectivity index (χ3v) is 9.72. The van der Waals surface area contributed by atoms with E-state index in [9.17, 15) is 2.74 Å². The topological polar surface area (TPSA) is 38.7 Å². The van der Waals surface area contributed by atoms with Crippen LogP contribution in [0, 0.1) is 0 Å². The fourth-order valence-corrected chi connectivity index (χ4v) is 6.30. The smallest absolute Gasteiger partial charge is 0.164 e. The van der Waals surface area contributed by atoms with Crippen LogP contribution in [0.5, 0.6) is 0 Å². The zero-order valence-corrected chi connectivity index (χ0v) is 26.7. The summed E-state index contributed by atoms with van der Waals surface area (Å²) in [5, 5.41) is 1.31. The Labute approximate surface area is 283 Å². The van der Waals surface area contributed by atoms with Crippen molar-refractivity contribution in [2.45, 2.75) is 19.6 Å². The Bertz CT molecular complexity index is 2500. The zero-order valence-electron chi connectivity index (χ0n) is 33.7. The van der Waals surface area contributed by atoms with Crippen LogP contribution in [0.25, 0.3) is 67.5 Å². The highest BCUT2D eigenvalue weighted by Gasteiger charge is 2.16. The van der Waals surface area contributed by atoms with Crippen molar-refractivity contribution in [3.8, 4) is 67.5 Å². The second-order valence-corrected chi connectivity index (χ2v) is 17.0. The molecule has 0 spiro atoms. The van der Waals surface area contributed by atoms with Gasteiger partial charge < -0.3 is 0 Å². The predicted molar refractivity (Wildman–Crippen MR) is 195 cm³/mol. The average molecular weight is 618 g/mol. The minimum atomic E-state index is -1.52. The highest BCUT2D eigenvalue weighted by molar-refractivity contribution is 6.88. The SMILES string of the molecule is [2H]c1c([2H])c(-c2cccc(-c3ccc([Si](C)(C)C)cc3)c2)c([2H])c(-c2c([2H])c([2H])c([2H])c(-c3nc(-c4ccccc4)nc(-c4ccccc4)n3)c2[2H])c1[2H]. The second-order valence-electron chi connectivity index (χ2n) is 11.9. The molecule has 1 heterocycles. The summed E-state index contributed by atoms with van der Waals surface area (Å²) in [5.74, 6) is 0.461. The number of hydrogen-bond donors (Lipinski definition) is 0. The molecule has 46 heavy (non-hydrogen) atoms. The van der Waals surface area contributed by atoms with Crippen molar-refractivity contribution in [1.29, 1.82) is 0 Å². The lowest BCUT2D eigenvalue weighted by molar-refractivity contribution is 1.07.